The van der Waals surface area contributed by atoms with Crippen molar-refractivity contribution >= 4 is 28.3 Å². The van der Waals surface area contributed by atoms with Crippen molar-refractivity contribution in [3.05, 3.63) is 64.9 Å². The average molecular weight is 447 g/mol. The van der Waals surface area contributed by atoms with Gasteiger partial charge in [0.1, 0.15) is 0 Å². The van der Waals surface area contributed by atoms with E-state index in [9.17, 15) is 18.0 Å². The van der Waals surface area contributed by atoms with Gasteiger partial charge in [-0.1, -0.05) is 12.1 Å². The summed E-state index contributed by atoms with van der Waals surface area (Å²) in [7, 11) is 0. The minimum atomic E-state index is -4.34. The van der Waals surface area contributed by atoms with Gasteiger partial charge >= 0.3 is 6.18 Å². The standard InChI is InChI=1S/C21H20F3N5OS/c22-21(23,24)16-4-2-14(3-5-16)12-17-13-27-20(31-17)28-18(30)15-6-10-29(11-7-15)19-25-8-1-9-26-19/h1-5,8-9,13,15H,6-7,10-12H2,(H,27,28,30). The number of halogens is 3. The fourth-order valence-corrected chi connectivity index (χ4v) is 4.31. The summed E-state index contributed by atoms with van der Waals surface area (Å²) < 4.78 is 38.0. The zero-order valence-corrected chi connectivity index (χ0v) is 17.3. The van der Waals surface area contributed by atoms with E-state index >= 15 is 0 Å². The molecule has 0 bridgehead atoms. The lowest BCUT2D eigenvalue weighted by atomic mass is 9.96. The van der Waals surface area contributed by atoms with Crippen LogP contribution in [0.5, 0.6) is 0 Å². The lowest BCUT2D eigenvalue weighted by molar-refractivity contribution is -0.137. The molecule has 1 aliphatic heterocycles. The lowest BCUT2D eigenvalue weighted by Crippen LogP contribution is -2.38. The van der Waals surface area contributed by atoms with Crippen LogP contribution in [0.1, 0.15) is 28.8 Å². The molecule has 6 nitrogen and oxygen atoms in total. The van der Waals surface area contributed by atoms with Crippen molar-refractivity contribution in [2.24, 2.45) is 5.92 Å². The quantitative estimate of drug-likeness (QED) is 0.628. The maximum absolute atomic E-state index is 12.7. The highest BCUT2D eigenvalue weighted by atomic mass is 32.1. The molecule has 1 N–H and O–H groups in total. The molecule has 3 heterocycles. The molecule has 0 saturated carbocycles. The molecule has 0 aliphatic carbocycles. The van der Waals surface area contributed by atoms with Crippen molar-refractivity contribution in [3.8, 4) is 0 Å². The van der Waals surface area contributed by atoms with E-state index in [1.165, 1.54) is 23.5 Å². The highest BCUT2D eigenvalue weighted by Crippen LogP contribution is 2.30. The van der Waals surface area contributed by atoms with Crippen LogP contribution in [0.3, 0.4) is 0 Å². The smallest absolute Gasteiger partial charge is 0.341 e. The summed E-state index contributed by atoms with van der Waals surface area (Å²) in [4.78, 5) is 28.3. The van der Waals surface area contributed by atoms with Gasteiger partial charge in [-0.25, -0.2) is 15.0 Å². The Morgan fingerprint density at radius 1 is 1.10 bits per heavy atom. The number of alkyl halides is 3. The number of carbonyl (C=O) groups is 1. The third-order valence-corrected chi connectivity index (χ3v) is 6.06. The monoisotopic (exact) mass is 447 g/mol. The van der Waals surface area contributed by atoms with E-state index in [1.54, 1.807) is 24.7 Å². The van der Waals surface area contributed by atoms with E-state index in [0.717, 1.165) is 22.6 Å². The van der Waals surface area contributed by atoms with Crippen LogP contribution in [0.25, 0.3) is 0 Å². The van der Waals surface area contributed by atoms with Gasteiger partial charge in [0.25, 0.3) is 0 Å². The molecule has 0 spiro atoms. The predicted octanol–water partition coefficient (Wildman–Crippen LogP) is 4.40. The van der Waals surface area contributed by atoms with Gasteiger partial charge in [0.05, 0.1) is 5.56 Å². The number of nitrogens with one attached hydrogen (secondary N) is 1. The molecule has 162 valence electrons. The summed E-state index contributed by atoms with van der Waals surface area (Å²) in [6.45, 7) is 1.41. The zero-order valence-electron chi connectivity index (χ0n) is 16.5. The Balaban J connectivity index is 1.29. The van der Waals surface area contributed by atoms with E-state index in [4.69, 9.17) is 0 Å². The molecule has 3 aromatic rings. The molecule has 1 amide bonds. The maximum atomic E-state index is 12.7. The highest BCUT2D eigenvalue weighted by Gasteiger charge is 2.30. The largest absolute Gasteiger partial charge is 0.416 e. The lowest BCUT2D eigenvalue weighted by Gasteiger charge is -2.30. The minimum Gasteiger partial charge on any atom is -0.341 e. The first-order valence-corrected chi connectivity index (χ1v) is 10.6. The number of benzene rings is 1. The van der Waals surface area contributed by atoms with Crippen LogP contribution in [0.15, 0.2) is 48.9 Å². The number of thiazole rings is 1. The Morgan fingerprint density at radius 2 is 1.77 bits per heavy atom. The van der Waals surface area contributed by atoms with Gasteiger partial charge < -0.3 is 10.2 Å². The second-order valence-electron chi connectivity index (χ2n) is 7.30. The first-order valence-electron chi connectivity index (χ1n) is 9.82. The Morgan fingerprint density at radius 3 is 2.42 bits per heavy atom. The van der Waals surface area contributed by atoms with Crippen LogP contribution in [0.4, 0.5) is 24.3 Å². The van der Waals surface area contributed by atoms with E-state index in [2.05, 4.69) is 25.2 Å². The Labute approximate surface area is 181 Å². The highest BCUT2D eigenvalue weighted by molar-refractivity contribution is 7.15. The summed E-state index contributed by atoms with van der Waals surface area (Å²) in [5.41, 5.74) is 0.0865. The normalized spacial score (nSPS) is 15.1. The minimum absolute atomic E-state index is 0.0657. The van der Waals surface area contributed by atoms with Crippen molar-refractivity contribution in [1.29, 1.82) is 0 Å². The second-order valence-corrected chi connectivity index (χ2v) is 8.42. The SMILES string of the molecule is O=C(Nc1ncc(Cc2ccc(C(F)(F)F)cc2)s1)C1CCN(c2ncccn2)CC1. The first kappa shape index (κ1) is 21.2. The number of anilines is 2. The van der Waals surface area contributed by atoms with Gasteiger partial charge in [0.15, 0.2) is 5.13 Å². The fourth-order valence-electron chi connectivity index (χ4n) is 3.46. The number of carbonyl (C=O) groups excluding carboxylic acids is 1. The number of hydrogen-bond acceptors (Lipinski definition) is 6. The molecular weight excluding hydrogens is 427 g/mol. The number of piperidine rings is 1. The van der Waals surface area contributed by atoms with Crippen molar-refractivity contribution in [2.75, 3.05) is 23.3 Å². The van der Waals surface area contributed by atoms with Crippen LogP contribution in [-0.2, 0) is 17.4 Å². The van der Waals surface area contributed by atoms with Crippen molar-refractivity contribution in [3.63, 3.8) is 0 Å². The zero-order chi connectivity index (χ0) is 21.8. The molecule has 1 fully saturated rings. The summed E-state index contributed by atoms with van der Waals surface area (Å²) in [6.07, 6.45) is 2.57. The number of nitrogens with zero attached hydrogens (tertiary/aromatic N) is 4. The van der Waals surface area contributed by atoms with Gasteiger partial charge in [-0.2, -0.15) is 13.2 Å². The molecule has 1 saturated heterocycles. The third kappa shape index (κ3) is 5.38. The van der Waals surface area contributed by atoms with E-state index in [1.807, 2.05) is 0 Å². The van der Waals surface area contributed by atoms with Crippen molar-refractivity contribution in [1.82, 2.24) is 15.0 Å². The summed E-state index contributed by atoms with van der Waals surface area (Å²) in [6, 6.07) is 6.84. The number of rotatable bonds is 5. The number of amides is 1. The van der Waals surface area contributed by atoms with Crippen LogP contribution in [-0.4, -0.2) is 33.9 Å². The van der Waals surface area contributed by atoms with Gasteiger partial charge in [0.2, 0.25) is 11.9 Å². The van der Waals surface area contributed by atoms with Crippen LogP contribution in [0, 0.1) is 5.92 Å². The van der Waals surface area contributed by atoms with E-state index < -0.39 is 11.7 Å². The van der Waals surface area contributed by atoms with Gasteiger partial charge in [-0.15, -0.1) is 11.3 Å². The second kappa shape index (κ2) is 9.01. The van der Waals surface area contributed by atoms with Gasteiger partial charge in [-0.3, -0.25) is 4.79 Å². The number of hydrogen-bond donors (Lipinski definition) is 1. The Hall–Kier alpha value is -3.01. The maximum Gasteiger partial charge on any atom is 0.416 e. The van der Waals surface area contributed by atoms with Crippen molar-refractivity contribution in [2.45, 2.75) is 25.4 Å². The molecule has 1 aliphatic rings. The average Bonchev–Trinajstić information content (AvgIpc) is 3.21. The van der Waals surface area contributed by atoms with Gasteiger partial charge in [-0.05, 0) is 36.6 Å². The molecule has 31 heavy (non-hydrogen) atoms. The van der Waals surface area contributed by atoms with Crippen LogP contribution >= 0.6 is 11.3 Å². The molecule has 1 aromatic carbocycles. The Bertz CT molecular complexity index is 1020. The molecular formula is C21H20F3N5OS. The molecule has 10 heteroatoms. The topological polar surface area (TPSA) is 71.0 Å². The first-order chi connectivity index (χ1) is 14.9. The summed E-state index contributed by atoms with van der Waals surface area (Å²) in [5, 5.41) is 3.37. The van der Waals surface area contributed by atoms with Gasteiger partial charge in [0, 0.05) is 48.9 Å². The number of aromatic nitrogens is 3. The third-order valence-electron chi connectivity index (χ3n) is 5.14. The molecule has 2 aromatic heterocycles. The van der Waals surface area contributed by atoms with Crippen LogP contribution < -0.4 is 10.2 Å². The molecule has 0 unspecified atom stereocenters. The van der Waals surface area contributed by atoms with E-state index in [-0.39, 0.29) is 11.8 Å². The Kier molecular flexibility index (Phi) is 6.17. The molecule has 0 atom stereocenters. The molecule has 4 rings (SSSR count). The van der Waals surface area contributed by atoms with Crippen molar-refractivity contribution < 1.29 is 18.0 Å². The van der Waals surface area contributed by atoms with E-state index in [0.29, 0.717) is 43.4 Å². The molecule has 0 radical (unpaired) electrons. The summed E-state index contributed by atoms with van der Waals surface area (Å²) >= 11 is 1.33. The summed E-state index contributed by atoms with van der Waals surface area (Å²) in [5.74, 6) is 0.500. The fraction of sp³-hybridized carbons (Fsp3) is 0.333. The predicted molar refractivity (Wildman–Crippen MR) is 112 cm³/mol. The van der Waals surface area contributed by atoms with Crippen LogP contribution in [0.2, 0.25) is 0 Å².